The van der Waals surface area contributed by atoms with Crippen molar-refractivity contribution in [1.29, 1.82) is 5.26 Å². The van der Waals surface area contributed by atoms with Gasteiger partial charge >= 0.3 is 0 Å². The Morgan fingerprint density at radius 2 is 1.95 bits per heavy atom. The van der Waals surface area contributed by atoms with Crippen molar-refractivity contribution in [3.63, 3.8) is 0 Å². The maximum absolute atomic E-state index is 13.0. The lowest BCUT2D eigenvalue weighted by Crippen LogP contribution is -2.29. The second-order valence-electron chi connectivity index (χ2n) is 5.24. The minimum Gasteiger partial charge on any atom is -0.305 e. The molecule has 1 atom stereocenters. The highest BCUT2D eigenvalue weighted by Crippen LogP contribution is 2.12. The molecule has 0 N–H and O–H groups in total. The SMILES string of the molecule is CC(C)C(C#N)CN(C)CCc1ccc(F)c(F)c1. The Morgan fingerprint density at radius 1 is 1.26 bits per heavy atom. The van der Waals surface area contributed by atoms with E-state index in [-0.39, 0.29) is 5.92 Å². The third-order valence-electron chi connectivity index (χ3n) is 3.25. The van der Waals surface area contributed by atoms with E-state index in [0.717, 1.165) is 18.2 Å². The van der Waals surface area contributed by atoms with Gasteiger partial charge < -0.3 is 4.90 Å². The molecule has 0 radical (unpaired) electrons. The molecule has 0 aliphatic heterocycles. The molecule has 1 aromatic carbocycles. The second kappa shape index (κ2) is 7.20. The largest absolute Gasteiger partial charge is 0.305 e. The minimum absolute atomic E-state index is 0.00467. The highest BCUT2D eigenvalue weighted by Gasteiger charge is 2.14. The summed E-state index contributed by atoms with van der Waals surface area (Å²) in [4.78, 5) is 2.05. The fourth-order valence-corrected chi connectivity index (χ4v) is 1.84. The van der Waals surface area contributed by atoms with E-state index >= 15 is 0 Å². The third-order valence-corrected chi connectivity index (χ3v) is 3.25. The van der Waals surface area contributed by atoms with Crippen molar-refractivity contribution < 1.29 is 8.78 Å². The molecule has 19 heavy (non-hydrogen) atoms. The molecule has 0 heterocycles. The zero-order valence-corrected chi connectivity index (χ0v) is 11.7. The van der Waals surface area contributed by atoms with Gasteiger partial charge in [0.2, 0.25) is 0 Å². The summed E-state index contributed by atoms with van der Waals surface area (Å²) >= 11 is 0. The molecule has 0 amide bonds. The van der Waals surface area contributed by atoms with E-state index in [1.807, 2.05) is 20.9 Å². The number of rotatable bonds is 6. The number of hydrogen-bond donors (Lipinski definition) is 0. The Hall–Kier alpha value is -1.47. The molecule has 0 fully saturated rings. The minimum atomic E-state index is -0.818. The van der Waals surface area contributed by atoms with Crippen LogP contribution in [0.5, 0.6) is 0 Å². The van der Waals surface area contributed by atoms with Gasteiger partial charge in [0.05, 0.1) is 12.0 Å². The summed E-state index contributed by atoms with van der Waals surface area (Å²) in [7, 11) is 1.94. The normalized spacial score (nSPS) is 12.7. The monoisotopic (exact) mass is 266 g/mol. The van der Waals surface area contributed by atoms with Crippen LogP contribution >= 0.6 is 0 Å². The molecule has 0 aliphatic carbocycles. The van der Waals surface area contributed by atoms with Gasteiger partial charge in [0.15, 0.2) is 11.6 Å². The van der Waals surface area contributed by atoms with Gasteiger partial charge in [-0.05, 0) is 37.1 Å². The average molecular weight is 266 g/mol. The zero-order chi connectivity index (χ0) is 14.4. The lowest BCUT2D eigenvalue weighted by molar-refractivity contribution is 0.274. The number of nitriles is 1. The molecule has 1 rings (SSSR count). The van der Waals surface area contributed by atoms with Crippen LogP contribution in [0.2, 0.25) is 0 Å². The highest BCUT2D eigenvalue weighted by atomic mass is 19.2. The van der Waals surface area contributed by atoms with Gasteiger partial charge in [0.1, 0.15) is 0 Å². The van der Waals surface area contributed by atoms with E-state index in [1.165, 1.54) is 6.07 Å². The van der Waals surface area contributed by atoms with Crippen LogP contribution in [0.1, 0.15) is 19.4 Å². The number of halogens is 2. The molecule has 0 aliphatic rings. The van der Waals surface area contributed by atoms with Crippen molar-refractivity contribution in [1.82, 2.24) is 4.90 Å². The van der Waals surface area contributed by atoms with E-state index in [1.54, 1.807) is 6.07 Å². The van der Waals surface area contributed by atoms with Crippen LogP contribution in [0, 0.1) is 34.8 Å². The Balaban J connectivity index is 2.48. The Labute approximate surface area is 113 Å². The molecule has 1 aromatic rings. The quantitative estimate of drug-likeness (QED) is 0.790. The highest BCUT2D eigenvalue weighted by molar-refractivity contribution is 5.18. The summed E-state index contributed by atoms with van der Waals surface area (Å²) in [6.45, 7) is 5.46. The first kappa shape index (κ1) is 15.6. The maximum Gasteiger partial charge on any atom is 0.159 e. The summed E-state index contributed by atoms with van der Waals surface area (Å²) < 4.78 is 25.8. The molecule has 0 bridgehead atoms. The molecular weight excluding hydrogens is 246 g/mol. The third kappa shape index (κ3) is 4.96. The van der Waals surface area contributed by atoms with Crippen LogP contribution in [-0.2, 0) is 6.42 Å². The summed E-state index contributed by atoms with van der Waals surface area (Å²) in [5, 5.41) is 9.03. The van der Waals surface area contributed by atoms with Crippen molar-refractivity contribution in [3.8, 4) is 6.07 Å². The van der Waals surface area contributed by atoms with Gasteiger partial charge in [-0.15, -0.1) is 0 Å². The van der Waals surface area contributed by atoms with Gasteiger partial charge in [-0.2, -0.15) is 5.26 Å². The smallest absolute Gasteiger partial charge is 0.159 e. The standard InChI is InChI=1S/C15H20F2N2/c1-11(2)13(9-18)10-19(3)7-6-12-4-5-14(16)15(17)8-12/h4-5,8,11,13H,6-7,10H2,1-3H3. The summed E-state index contributed by atoms with van der Waals surface area (Å²) in [5.74, 6) is -1.32. The Kier molecular flexibility index (Phi) is 5.91. The number of likely N-dealkylation sites (N-methyl/N-ethyl adjacent to an activating group) is 1. The molecule has 0 spiro atoms. The van der Waals surface area contributed by atoms with Crippen LogP contribution in [0.15, 0.2) is 18.2 Å². The topological polar surface area (TPSA) is 27.0 Å². The van der Waals surface area contributed by atoms with Crippen molar-refractivity contribution >= 4 is 0 Å². The summed E-state index contributed by atoms with van der Waals surface area (Å²) in [5.41, 5.74) is 0.767. The van der Waals surface area contributed by atoms with Crippen molar-refractivity contribution in [2.45, 2.75) is 20.3 Å². The molecule has 1 unspecified atom stereocenters. The number of nitrogens with zero attached hydrogens (tertiary/aromatic N) is 2. The van der Waals surface area contributed by atoms with Gasteiger partial charge in [0.25, 0.3) is 0 Å². The van der Waals surface area contributed by atoms with Gasteiger partial charge in [-0.25, -0.2) is 8.78 Å². The molecule has 0 aromatic heterocycles. The molecule has 104 valence electrons. The molecule has 4 heteroatoms. The molecule has 2 nitrogen and oxygen atoms in total. The lowest BCUT2D eigenvalue weighted by Gasteiger charge is -2.21. The fraction of sp³-hybridized carbons (Fsp3) is 0.533. The van der Waals surface area contributed by atoms with E-state index in [2.05, 4.69) is 11.0 Å². The van der Waals surface area contributed by atoms with Crippen LogP contribution in [0.3, 0.4) is 0 Å². The van der Waals surface area contributed by atoms with Gasteiger partial charge in [-0.3, -0.25) is 0 Å². The maximum atomic E-state index is 13.0. The number of benzene rings is 1. The predicted octanol–water partition coefficient (Wildman–Crippen LogP) is 3.23. The van der Waals surface area contributed by atoms with Crippen LogP contribution in [0.25, 0.3) is 0 Å². The second-order valence-corrected chi connectivity index (χ2v) is 5.24. The fourth-order valence-electron chi connectivity index (χ4n) is 1.84. The zero-order valence-electron chi connectivity index (χ0n) is 11.7. The lowest BCUT2D eigenvalue weighted by atomic mass is 9.97. The van der Waals surface area contributed by atoms with E-state index in [4.69, 9.17) is 5.26 Å². The van der Waals surface area contributed by atoms with Crippen LogP contribution in [0.4, 0.5) is 8.78 Å². The van der Waals surface area contributed by atoms with E-state index < -0.39 is 11.6 Å². The van der Waals surface area contributed by atoms with E-state index in [9.17, 15) is 8.78 Å². The first-order chi connectivity index (χ1) is 8.93. The number of hydrogen-bond acceptors (Lipinski definition) is 2. The Bertz CT molecular complexity index is 452. The van der Waals surface area contributed by atoms with Crippen LogP contribution in [-0.4, -0.2) is 25.0 Å². The van der Waals surface area contributed by atoms with Gasteiger partial charge in [0, 0.05) is 13.1 Å². The average Bonchev–Trinajstić information content (AvgIpc) is 2.37. The van der Waals surface area contributed by atoms with Gasteiger partial charge in [-0.1, -0.05) is 19.9 Å². The predicted molar refractivity (Wildman–Crippen MR) is 71.5 cm³/mol. The van der Waals surface area contributed by atoms with Crippen molar-refractivity contribution in [2.75, 3.05) is 20.1 Å². The molecule has 0 saturated carbocycles. The summed E-state index contributed by atoms with van der Waals surface area (Å²) in [6, 6.07) is 6.27. The van der Waals surface area contributed by atoms with Crippen molar-refractivity contribution in [3.05, 3.63) is 35.4 Å². The van der Waals surface area contributed by atoms with E-state index in [0.29, 0.717) is 18.9 Å². The first-order valence-electron chi connectivity index (χ1n) is 6.46. The summed E-state index contributed by atoms with van der Waals surface area (Å²) in [6.07, 6.45) is 0.643. The first-order valence-corrected chi connectivity index (χ1v) is 6.46. The molecular formula is C15H20F2N2. The van der Waals surface area contributed by atoms with Crippen LogP contribution < -0.4 is 0 Å². The Morgan fingerprint density at radius 3 is 2.47 bits per heavy atom. The molecule has 0 saturated heterocycles. The van der Waals surface area contributed by atoms with Crippen molar-refractivity contribution in [2.24, 2.45) is 11.8 Å².